The van der Waals surface area contributed by atoms with Gasteiger partial charge in [-0.15, -0.1) is 0 Å². The van der Waals surface area contributed by atoms with E-state index >= 15 is 0 Å². The van der Waals surface area contributed by atoms with Gasteiger partial charge in [0.2, 0.25) is 6.79 Å². The molecule has 2 heterocycles. The van der Waals surface area contributed by atoms with Gasteiger partial charge in [-0.25, -0.2) is 0 Å². The summed E-state index contributed by atoms with van der Waals surface area (Å²) in [7, 11) is 1.54. The molecule has 2 aliphatic rings. The van der Waals surface area contributed by atoms with Crippen molar-refractivity contribution in [2.45, 2.75) is 6.04 Å². The van der Waals surface area contributed by atoms with Crippen molar-refractivity contribution in [2.24, 2.45) is 0 Å². The maximum atomic E-state index is 12.5. The van der Waals surface area contributed by atoms with Gasteiger partial charge in [-0.3, -0.25) is 14.5 Å². The molecule has 9 heteroatoms. The van der Waals surface area contributed by atoms with Crippen LogP contribution in [0.1, 0.15) is 11.6 Å². The molecule has 0 saturated carbocycles. The lowest BCUT2D eigenvalue weighted by atomic mass is 10.0. The van der Waals surface area contributed by atoms with Crippen LogP contribution in [0.4, 0.5) is 5.69 Å². The number of nitrogens with zero attached hydrogens (tertiary/aromatic N) is 1. The summed E-state index contributed by atoms with van der Waals surface area (Å²) in [5, 5.41) is 5.35. The van der Waals surface area contributed by atoms with E-state index in [1.165, 1.54) is 7.11 Å². The van der Waals surface area contributed by atoms with Gasteiger partial charge in [0.1, 0.15) is 5.75 Å². The number of hydrogen-bond acceptors (Lipinski definition) is 7. The highest BCUT2D eigenvalue weighted by Crippen LogP contribution is 2.35. The van der Waals surface area contributed by atoms with Gasteiger partial charge in [0.05, 0.1) is 26.4 Å². The Morgan fingerprint density at radius 3 is 2.68 bits per heavy atom. The number of benzene rings is 2. The molecule has 9 nitrogen and oxygen atoms in total. The zero-order valence-corrected chi connectivity index (χ0v) is 17.3. The number of carbonyl (C=O) groups is 2. The van der Waals surface area contributed by atoms with Crippen LogP contribution in [0.5, 0.6) is 17.2 Å². The van der Waals surface area contributed by atoms with Crippen molar-refractivity contribution in [3.8, 4) is 17.2 Å². The largest absolute Gasteiger partial charge is 0.497 e. The Morgan fingerprint density at radius 2 is 1.87 bits per heavy atom. The van der Waals surface area contributed by atoms with E-state index in [1.54, 1.807) is 24.3 Å². The van der Waals surface area contributed by atoms with E-state index in [0.717, 1.165) is 18.7 Å². The van der Waals surface area contributed by atoms with E-state index in [1.807, 2.05) is 18.2 Å². The topological polar surface area (TPSA) is 98.4 Å². The van der Waals surface area contributed by atoms with Crippen molar-refractivity contribution < 1.29 is 28.5 Å². The van der Waals surface area contributed by atoms with Gasteiger partial charge in [-0.2, -0.15) is 0 Å². The van der Waals surface area contributed by atoms with Gasteiger partial charge in [0, 0.05) is 31.4 Å². The van der Waals surface area contributed by atoms with Crippen LogP contribution >= 0.6 is 0 Å². The fraction of sp³-hybridized carbons (Fsp3) is 0.364. The molecule has 4 rings (SSSR count). The van der Waals surface area contributed by atoms with Crippen molar-refractivity contribution in [1.29, 1.82) is 0 Å². The second-order valence-electron chi connectivity index (χ2n) is 7.17. The number of methoxy groups -OCH3 is 1. The molecule has 2 aliphatic heterocycles. The van der Waals surface area contributed by atoms with Gasteiger partial charge >= 0.3 is 11.8 Å². The molecule has 2 amide bonds. The predicted molar refractivity (Wildman–Crippen MR) is 112 cm³/mol. The minimum Gasteiger partial charge on any atom is -0.497 e. The third-order valence-corrected chi connectivity index (χ3v) is 5.26. The average Bonchev–Trinajstić information content (AvgIpc) is 3.28. The molecule has 31 heavy (non-hydrogen) atoms. The Bertz CT molecular complexity index is 945. The Morgan fingerprint density at radius 1 is 1.06 bits per heavy atom. The summed E-state index contributed by atoms with van der Waals surface area (Å²) in [4.78, 5) is 27.0. The number of rotatable bonds is 6. The van der Waals surface area contributed by atoms with Crippen LogP contribution in [-0.2, 0) is 14.3 Å². The van der Waals surface area contributed by atoms with Crippen LogP contribution in [-0.4, -0.2) is 63.5 Å². The summed E-state index contributed by atoms with van der Waals surface area (Å²) >= 11 is 0. The standard InChI is InChI=1S/C22H25N3O6/c1-28-17-4-2-3-16(12-17)24-22(27)21(26)23-13-18(25-7-9-29-10-8-25)15-5-6-19-20(11-15)31-14-30-19/h2-6,11-12,18H,7-10,13-14H2,1H3,(H,23,26)(H,24,27)/t18-/m0/s1. The number of morpholine rings is 1. The number of carbonyl (C=O) groups excluding carboxylic acids is 2. The Hall–Kier alpha value is -3.30. The van der Waals surface area contributed by atoms with Crippen molar-refractivity contribution in [1.82, 2.24) is 10.2 Å². The molecule has 2 N–H and O–H groups in total. The lowest BCUT2D eigenvalue weighted by Crippen LogP contribution is -2.45. The first-order chi connectivity index (χ1) is 15.1. The van der Waals surface area contributed by atoms with Crippen LogP contribution in [0.25, 0.3) is 0 Å². The van der Waals surface area contributed by atoms with Crippen LogP contribution in [0.3, 0.4) is 0 Å². The molecular weight excluding hydrogens is 402 g/mol. The summed E-state index contributed by atoms with van der Waals surface area (Å²) in [6.45, 7) is 3.15. The molecule has 0 aromatic heterocycles. The quantitative estimate of drug-likeness (QED) is 0.675. The summed E-state index contributed by atoms with van der Waals surface area (Å²) in [5.41, 5.74) is 1.46. The molecule has 2 aromatic rings. The number of hydrogen-bond donors (Lipinski definition) is 2. The molecule has 164 valence electrons. The maximum Gasteiger partial charge on any atom is 0.313 e. The lowest BCUT2D eigenvalue weighted by molar-refractivity contribution is -0.136. The second-order valence-corrected chi connectivity index (χ2v) is 7.17. The summed E-state index contributed by atoms with van der Waals surface area (Å²) < 4.78 is 21.5. The Labute approximate surface area is 180 Å². The van der Waals surface area contributed by atoms with E-state index in [4.69, 9.17) is 18.9 Å². The molecular formula is C22H25N3O6. The van der Waals surface area contributed by atoms with Crippen LogP contribution in [0.2, 0.25) is 0 Å². The molecule has 0 bridgehead atoms. The molecule has 0 spiro atoms. The molecule has 1 fully saturated rings. The van der Waals surface area contributed by atoms with E-state index in [2.05, 4.69) is 15.5 Å². The van der Waals surface area contributed by atoms with E-state index < -0.39 is 11.8 Å². The van der Waals surface area contributed by atoms with E-state index in [-0.39, 0.29) is 19.4 Å². The van der Waals surface area contributed by atoms with Crippen molar-refractivity contribution >= 4 is 17.5 Å². The number of nitrogens with one attached hydrogen (secondary N) is 2. The van der Waals surface area contributed by atoms with Crippen LogP contribution < -0.4 is 24.8 Å². The average molecular weight is 427 g/mol. The number of ether oxygens (including phenoxy) is 4. The fourth-order valence-electron chi connectivity index (χ4n) is 3.63. The van der Waals surface area contributed by atoms with Gasteiger partial charge < -0.3 is 29.6 Å². The highest BCUT2D eigenvalue weighted by Gasteiger charge is 2.26. The molecule has 2 aromatic carbocycles. The summed E-state index contributed by atoms with van der Waals surface area (Å²) in [6.07, 6.45) is 0. The first-order valence-corrected chi connectivity index (χ1v) is 10.1. The van der Waals surface area contributed by atoms with Crippen molar-refractivity contribution in [3.63, 3.8) is 0 Å². The smallest absolute Gasteiger partial charge is 0.313 e. The third-order valence-electron chi connectivity index (χ3n) is 5.26. The molecule has 0 radical (unpaired) electrons. The Balaban J connectivity index is 1.42. The zero-order chi connectivity index (χ0) is 21.6. The van der Waals surface area contributed by atoms with Crippen molar-refractivity contribution in [3.05, 3.63) is 48.0 Å². The minimum atomic E-state index is -0.736. The monoisotopic (exact) mass is 427 g/mol. The van der Waals surface area contributed by atoms with Gasteiger partial charge in [-0.05, 0) is 29.8 Å². The van der Waals surface area contributed by atoms with Gasteiger partial charge in [-0.1, -0.05) is 12.1 Å². The molecule has 1 saturated heterocycles. The van der Waals surface area contributed by atoms with Crippen molar-refractivity contribution in [2.75, 3.05) is 52.1 Å². The van der Waals surface area contributed by atoms with E-state index in [9.17, 15) is 9.59 Å². The molecule has 0 unspecified atom stereocenters. The molecule has 0 aliphatic carbocycles. The molecule has 1 atom stereocenters. The third kappa shape index (κ3) is 5.07. The SMILES string of the molecule is COc1cccc(NC(=O)C(=O)NC[C@@H](c2ccc3c(c2)OCO3)N2CCOCC2)c1. The number of fused-ring (bicyclic) bond motifs is 1. The highest BCUT2D eigenvalue weighted by molar-refractivity contribution is 6.39. The number of anilines is 1. The first kappa shape index (κ1) is 21.0. The highest BCUT2D eigenvalue weighted by atomic mass is 16.7. The van der Waals surface area contributed by atoms with E-state index in [0.29, 0.717) is 36.1 Å². The number of amides is 2. The first-order valence-electron chi connectivity index (χ1n) is 10.1. The normalized spacial score (nSPS) is 16.4. The maximum absolute atomic E-state index is 12.5. The minimum absolute atomic E-state index is 0.132. The van der Waals surface area contributed by atoms with Gasteiger partial charge in [0.25, 0.3) is 0 Å². The Kier molecular flexibility index (Phi) is 6.54. The lowest BCUT2D eigenvalue weighted by Gasteiger charge is -2.34. The second kappa shape index (κ2) is 9.67. The van der Waals surface area contributed by atoms with Crippen LogP contribution in [0.15, 0.2) is 42.5 Å². The summed E-state index contributed by atoms with van der Waals surface area (Å²) in [6, 6.07) is 12.4. The predicted octanol–water partition coefficient (Wildman–Crippen LogP) is 1.55. The zero-order valence-electron chi connectivity index (χ0n) is 17.3. The van der Waals surface area contributed by atoms with Crippen LogP contribution in [0, 0.1) is 0 Å². The fourth-order valence-corrected chi connectivity index (χ4v) is 3.63. The van der Waals surface area contributed by atoms with Gasteiger partial charge in [0.15, 0.2) is 11.5 Å². The summed E-state index contributed by atoms with van der Waals surface area (Å²) in [5.74, 6) is 0.527.